The third kappa shape index (κ3) is 2.76. The van der Waals surface area contributed by atoms with Crippen LogP contribution in [0.15, 0.2) is 24.5 Å². The van der Waals surface area contributed by atoms with Gasteiger partial charge in [0.2, 0.25) is 0 Å². The summed E-state index contributed by atoms with van der Waals surface area (Å²) in [6.45, 7) is 5.46. The molecule has 0 atom stereocenters. The first kappa shape index (κ1) is 12.9. The summed E-state index contributed by atoms with van der Waals surface area (Å²) < 4.78 is 5.38. The van der Waals surface area contributed by atoms with Crippen LogP contribution in [0.1, 0.15) is 4.88 Å². The molecule has 0 unspecified atom stereocenters. The van der Waals surface area contributed by atoms with E-state index in [0.29, 0.717) is 0 Å². The number of ether oxygens (including phenoxy) is 1. The van der Waals surface area contributed by atoms with E-state index in [1.54, 1.807) is 11.3 Å². The lowest BCUT2D eigenvalue weighted by Crippen LogP contribution is -2.36. The monoisotopic (exact) mass is 294 g/mol. The van der Waals surface area contributed by atoms with Crippen molar-refractivity contribution < 1.29 is 4.74 Å². The lowest BCUT2D eigenvalue weighted by atomic mass is 10.2. The zero-order chi connectivity index (χ0) is 13.2. The highest BCUT2D eigenvalue weighted by Gasteiger charge is 2.13. The summed E-state index contributed by atoms with van der Waals surface area (Å²) in [4.78, 5) is 8.98. The van der Waals surface area contributed by atoms with Crippen LogP contribution in [0.3, 0.4) is 0 Å². The molecule has 0 saturated carbocycles. The summed E-state index contributed by atoms with van der Waals surface area (Å²) in [6, 6.07) is 4.20. The first-order chi connectivity index (χ1) is 9.24. The van der Waals surface area contributed by atoms with Crippen LogP contribution in [0.5, 0.6) is 0 Å². The van der Waals surface area contributed by atoms with Gasteiger partial charge in [-0.2, -0.15) is 0 Å². The van der Waals surface area contributed by atoms with Gasteiger partial charge < -0.3 is 9.64 Å². The lowest BCUT2D eigenvalue weighted by molar-refractivity contribution is 0.122. The number of halogens is 1. The van der Waals surface area contributed by atoms with Gasteiger partial charge in [-0.15, -0.1) is 11.3 Å². The number of pyridine rings is 1. The number of anilines is 1. The summed E-state index contributed by atoms with van der Waals surface area (Å²) in [5.74, 6) is 0. The van der Waals surface area contributed by atoms with E-state index < -0.39 is 0 Å². The van der Waals surface area contributed by atoms with Gasteiger partial charge in [0, 0.05) is 34.6 Å². The van der Waals surface area contributed by atoms with E-state index >= 15 is 0 Å². The van der Waals surface area contributed by atoms with Gasteiger partial charge in [0.15, 0.2) is 0 Å². The van der Waals surface area contributed by atoms with Crippen LogP contribution >= 0.6 is 22.9 Å². The van der Waals surface area contributed by atoms with Crippen molar-refractivity contribution in [1.82, 2.24) is 4.98 Å². The normalized spacial score (nSPS) is 15.8. The van der Waals surface area contributed by atoms with Gasteiger partial charge in [-0.1, -0.05) is 11.6 Å². The van der Waals surface area contributed by atoms with E-state index in [2.05, 4.69) is 16.0 Å². The number of thiophene rings is 1. The number of aromatic nitrogens is 1. The molecule has 1 aliphatic heterocycles. The molecule has 1 fully saturated rings. The Balaban J connectivity index is 1.90. The molecule has 0 N–H and O–H groups in total. The Morgan fingerprint density at radius 3 is 2.74 bits per heavy atom. The Morgan fingerprint density at radius 2 is 2.05 bits per heavy atom. The minimum Gasteiger partial charge on any atom is -0.378 e. The molecular formula is C14H15ClN2OS. The van der Waals surface area contributed by atoms with Gasteiger partial charge in [-0.05, 0) is 19.1 Å². The van der Waals surface area contributed by atoms with Gasteiger partial charge in [0.05, 0.1) is 30.1 Å². The van der Waals surface area contributed by atoms with Gasteiger partial charge in [-0.3, -0.25) is 4.98 Å². The van der Waals surface area contributed by atoms with Crippen LogP contribution in [-0.4, -0.2) is 31.3 Å². The molecule has 0 radical (unpaired) electrons. The van der Waals surface area contributed by atoms with E-state index in [-0.39, 0.29) is 0 Å². The van der Waals surface area contributed by atoms with E-state index in [1.807, 2.05) is 25.4 Å². The minimum absolute atomic E-state index is 0.786. The summed E-state index contributed by atoms with van der Waals surface area (Å²) in [5.41, 5.74) is 2.28. The molecule has 1 aliphatic rings. The van der Waals surface area contributed by atoms with Gasteiger partial charge in [0.1, 0.15) is 0 Å². The van der Waals surface area contributed by atoms with Gasteiger partial charge in [-0.25, -0.2) is 0 Å². The maximum Gasteiger partial charge on any atom is 0.0642 e. The Hall–Kier alpha value is -1.10. The quantitative estimate of drug-likeness (QED) is 0.846. The molecule has 2 aromatic rings. The standard InChI is InChI=1S/C14H15ClN2OS/c1-10-13(15)7-14(19-10)11-6-12(9-16-8-11)17-2-4-18-5-3-17/h6-9H,2-5H2,1H3. The maximum absolute atomic E-state index is 6.13. The van der Waals surface area contributed by atoms with Crippen molar-refractivity contribution in [3.05, 3.63) is 34.4 Å². The van der Waals surface area contributed by atoms with Crippen LogP contribution in [-0.2, 0) is 4.74 Å². The van der Waals surface area contributed by atoms with Crippen LogP contribution in [0.2, 0.25) is 5.02 Å². The highest BCUT2D eigenvalue weighted by Crippen LogP contribution is 2.34. The second-order valence-corrected chi connectivity index (χ2v) is 6.21. The van der Waals surface area contributed by atoms with E-state index in [0.717, 1.165) is 47.5 Å². The molecule has 3 rings (SSSR count). The van der Waals surface area contributed by atoms with Crippen molar-refractivity contribution in [2.24, 2.45) is 0 Å². The summed E-state index contributed by atoms with van der Waals surface area (Å²) in [5, 5.41) is 0.830. The maximum atomic E-state index is 6.13. The molecule has 19 heavy (non-hydrogen) atoms. The largest absolute Gasteiger partial charge is 0.378 e. The fourth-order valence-electron chi connectivity index (χ4n) is 2.16. The second kappa shape index (κ2) is 5.49. The predicted molar refractivity (Wildman–Crippen MR) is 80.3 cm³/mol. The van der Waals surface area contributed by atoms with Crippen molar-refractivity contribution in [2.75, 3.05) is 31.2 Å². The van der Waals surface area contributed by atoms with Gasteiger partial charge >= 0.3 is 0 Å². The second-order valence-electron chi connectivity index (χ2n) is 4.55. The van der Waals surface area contributed by atoms with E-state index in [9.17, 15) is 0 Å². The van der Waals surface area contributed by atoms with E-state index in [4.69, 9.17) is 16.3 Å². The molecule has 0 aromatic carbocycles. The summed E-state index contributed by atoms with van der Waals surface area (Å²) in [6.07, 6.45) is 3.81. The molecule has 1 saturated heterocycles. The van der Waals surface area contributed by atoms with Gasteiger partial charge in [0.25, 0.3) is 0 Å². The van der Waals surface area contributed by atoms with Crippen LogP contribution in [0.4, 0.5) is 5.69 Å². The smallest absolute Gasteiger partial charge is 0.0642 e. The number of morpholine rings is 1. The van der Waals surface area contributed by atoms with E-state index in [1.165, 1.54) is 4.88 Å². The molecule has 0 amide bonds. The van der Waals surface area contributed by atoms with Crippen molar-refractivity contribution in [3.63, 3.8) is 0 Å². The summed E-state index contributed by atoms with van der Waals surface area (Å²) in [7, 11) is 0. The zero-order valence-corrected chi connectivity index (χ0v) is 12.3. The molecule has 5 heteroatoms. The molecular weight excluding hydrogens is 280 g/mol. The Morgan fingerprint density at radius 1 is 1.26 bits per heavy atom. The Bertz CT molecular complexity index is 559. The van der Waals surface area contributed by atoms with Crippen LogP contribution < -0.4 is 4.90 Å². The van der Waals surface area contributed by atoms with Crippen molar-refractivity contribution in [1.29, 1.82) is 0 Å². The van der Waals surface area contributed by atoms with Crippen LogP contribution in [0, 0.1) is 6.92 Å². The fraction of sp³-hybridized carbons (Fsp3) is 0.357. The SMILES string of the molecule is Cc1sc(-c2cncc(N3CCOCC3)c2)cc1Cl. The minimum atomic E-state index is 0.786. The zero-order valence-electron chi connectivity index (χ0n) is 10.7. The van der Waals surface area contributed by atoms with Crippen LogP contribution in [0.25, 0.3) is 10.4 Å². The highest BCUT2D eigenvalue weighted by atomic mass is 35.5. The lowest BCUT2D eigenvalue weighted by Gasteiger charge is -2.28. The number of hydrogen-bond donors (Lipinski definition) is 0. The number of rotatable bonds is 2. The highest BCUT2D eigenvalue weighted by molar-refractivity contribution is 7.16. The Labute approximate surface area is 121 Å². The molecule has 2 aromatic heterocycles. The molecule has 0 bridgehead atoms. The Kier molecular flexibility index (Phi) is 3.73. The first-order valence-corrected chi connectivity index (χ1v) is 7.47. The average molecular weight is 295 g/mol. The molecule has 0 aliphatic carbocycles. The third-order valence-electron chi connectivity index (χ3n) is 3.24. The van der Waals surface area contributed by atoms with Crippen molar-refractivity contribution in [2.45, 2.75) is 6.92 Å². The fourth-order valence-corrected chi connectivity index (χ4v) is 3.34. The number of aryl methyl sites for hydroxylation is 1. The molecule has 0 spiro atoms. The number of nitrogens with zero attached hydrogens (tertiary/aromatic N) is 2. The molecule has 100 valence electrons. The summed E-state index contributed by atoms with van der Waals surface area (Å²) >= 11 is 7.84. The molecule has 3 nitrogen and oxygen atoms in total. The first-order valence-electron chi connectivity index (χ1n) is 6.28. The topological polar surface area (TPSA) is 25.4 Å². The third-order valence-corrected chi connectivity index (χ3v) is 4.85. The predicted octanol–water partition coefficient (Wildman–Crippen LogP) is 3.61. The molecule has 3 heterocycles. The van der Waals surface area contributed by atoms with Crippen molar-refractivity contribution >= 4 is 28.6 Å². The average Bonchev–Trinajstić information content (AvgIpc) is 2.80. The van der Waals surface area contributed by atoms with Crippen molar-refractivity contribution in [3.8, 4) is 10.4 Å². The number of hydrogen-bond acceptors (Lipinski definition) is 4.